The number of amides is 1. The highest BCUT2D eigenvalue weighted by molar-refractivity contribution is 7.89. The molecule has 0 radical (unpaired) electrons. The molecule has 1 amide bonds. The highest BCUT2D eigenvalue weighted by Gasteiger charge is 2.30. The molecule has 0 unspecified atom stereocenters. The summed E-state index contributed by atoms with van der Waals surface area (Å²) < 4.78 is 46.8. The quantitative estimate of drug-likeness (QED) is 0.527. The molecular weight excluding hydrogens is 480 g/mol. The van der Waals surface area contributed by atoms with Gasteiger partial charge in [0.15, 0.2) is 0 Å². The molecule has 11 heteroatoms. The van der Waals surface area contributed by atoms with Gasteiger partial charge in [-0.05, 0) is 50.1 Å². The number of aryl methyl sites for hydroxylation is 1. The van der Waals surface area contributed by atoms with Crippen LogP contribution in [0.25, 0.3) is 11.3 Å². The number of benzene rings is 2. The summed E-state index contributed by atoms with van der Waals surface area (Å²) in [7, 11) is -3.80. The normalized spacial score (nSPS) is 14.6. The monoisotopic (exact) mass is 497 g/mol. The second kappa shape index (κ2) is 8.82. The molecule has 3 aromatic rings. The third-order valence-corrected chi connectivity index (χ3v) is 7.86. The van der Waals surface area contributed by atoms with Gasteiger partial charge in [-0.25, -0.2) is 12.8 Å². The Morgan fingerprint density at radius 2 is 1.88 bits per heavy atom. The summed E-state index contributed by atoms with van der Waals surface area (Å²) in [6.07, 6.45) is 1.56. The molecule has 4 rings (SSSR count). The zero-order chi connectivity index (χ0) is 23.0. The molecule has 2 heterocycles. The number of hydrogen-bond acceptors (Lipinski definition) is 5. The van der Waals surface area contributed by atoms with Gasteiger partial charge in [-0.15, -0.1) is 0 Å². The van der Waals surface area contributed by atoms with E-state index in [1.165, 1.54) is 47.6 Å². The SMILES string of the molecule is Cc1onc(-c2c(F)cccc2Cl)c1C(=O)Nc1ccc(Cl)c(S(=O)(=O)N2CCCC2)c1. The van der Waals surface area contributed by atoms with E-state index in [-0.39, 0.29) is 43.2 Å². The van der Waals surface area contributed by atoms with Crippen molar-refractivity contribution in [2.24, 2.45) is 0 Å². The van der Waals surface area contributed by atoms with Crippen LogP contribution in [0.2, 0.25) is 10.0 Å². The number of halogens is 3. The Hall–Kier alpha value is -2.46. The number of carbonyl (C=O) groups is 1. The van der Waals surface area contributed by atoms with E-state index in [1.807, 2.05) is 0 Å². The maximum atomic E-state index is 14.4. The fraction of sp³-hybridized carbons (Fsp3) is 0.238. The summed E-state index contributed by atoms with van der Waals surface area (Å²) in [5.74, 6) is -1.18. The lowest BCUT2D eigenvalue weighted by atomic mass is 10.0. The van der Waals surface area contributed by atoms with Gasteiger partial charge in [0.2, 0.25) is 10.0 Å². The van der Waals surface area contributed by atoms with Gasteiger partial charge in [0.1, 0.15) is 27.7 Å². The van der Waals surface area contributed by atoms with Gasteiger partial charge in [0.05, 0.1) is 15.6 Å². The third-order valence-electron chi connectivity index (χ3n) is 5.16. The van der Waals surface area contributed by atoms with E-state index < -0.39 is 21.7 Å². The first-order chi connectivity index (χ1) is 15.2. The predicted molar refractivity (Wildman–Crippen MR) is 119 cm³/mol. The van der Waals surface area contributed by atoms with Gasteiger partial charge >= 0.3 is 0 Å². The number of hydrogen-bond donors (Lipinski definition) is 1. The lowest BCUT2D eigenvalue weighted by Crippen LogP contribution is -2.28. The van der Waals surface area contributed by atoms with Crippen LogP contribution in [0.3, 0.4) is 0 Å². The Labute approximate surface area is 194 Å². The van der Waals surface area contributed by atoms with E-state index >= 15 is 0 Å². The van der Waals surface area contributed by atoms with E-state index in [0.29, 0.717) is 13.1 Å². The average Bonchev–Trinajstić information content (AvgIpc) is 3.40. The summed E-state index contributed by atoms with van der Waals surface area (Å²) in [5, 5.41) is 6.55. The van der Waals surface area contributed by atoms with Gasteiger partial charge < -0.3 is 9.84 Å². The first-order valence-corrected chi connectivity index (χ1v) is 11.9. The Balaban J connectivity index is 1.69. The van der Waals surface area contributed by atoms with Crippen molar-refractivity contribution in [3.63, 3.8) is 0 Å². The predicted octanol–water partition coefficient (Wildman–Crippen LogP) is 5.13. The van der Waals surface area contributed by atoms with E-state index in [0.717, 1.165) is 12.8 Å². The topological polar surface area (TPSA) is 92.5 Å². The van der Waals surface area contributed by atoms with Gasteiger partial charge in [-0.3, -0.25) is 4.79 Å². The van der Waals surface area contributed by atoms with E-state index in [4.69, 9.17) is 27.7 Å². The Kier molecular flexibility index (Phi) is 6.26. The molecule has 2 aromatic carbocycles. The molecule has 0 spiro atoms. The number of nitrogens with one attached hydrogen (secondary N) is 1. The molecule has 168 valence electrons. The minimum Gasteiger partial charge on any atom is -0.360 e. The molecular formula is C21H18Cl2FN3O4S. The maximum absolute atomic E-state index is 14.4. The van der Waals surface area contributed by atoms with Gasteiger partial charge in [0, 0.05) is 18.8 Å². The second-order valence-electron chi connectivity index (χ2n) is 7.27. The fourth-order valence-electron chi connectivity index (χ4n) is 3.57. The standard InChI is InChI=1S/C21H18Cl2FN3O4S/c1-12-18(20(26-31-12)19-15(23)5-4-6-16(19)24)21(28)25-13-7-8-14(22)17(11-13)32(29,30)27-9-2-3-10-27/h4-8,11H,2-3,9-10H2,1H3,(H,25,28). The Morgan fingerprint density at radius 3 is 2.56 bits per heavy atom. The van der Waals surface area contributed by atoms with Crippen LogP contribution in [0.5, 0.6) is 0 Å². The lowest BCUT2D eigenvalue weighted by Gasteiger charge is -2.17. The van der Waals surface area contributed by atoms with Crippen LogP contribution in [0.4, 0.5) is 10.1 Å². The van der Waals surface area contributed by atoms with Crippen LogP contribution in [0.15, 0.2) is 45.8 Å². The van der Waals surface area contributed by atoms with Crippen molar-refractivity contribution in [1.82, 2.24) is 9.46 Å². The van der Waals surface area contributed by atoms with Crippen LogP contribution in [-0.2, 0) is 10.0 Å². The van der Waals surface area contributed by atoms with Crippen LogP contribution in [-0.4, -0.2) is 36.9 Å². The molecule has 1 saturated heterocycles. The van der Waals surface area contributed by atoms with Crippen LogP contribution in [0.1, 0.15) is 29.0 Å². The summed E-state index contributed by atoms with van der Waals surface area (Å²) in [4.78, 5) is 12.9. The highest BCUT2D eigenvalue weighted by Crippen LogP contribution is 2.34. The van der Waals surface area contributed by atoms with Crippen molar-refractivity contribution in [2.75, 3.05) is 18.4 Å². The number of nitrogens with zero attached hydrogens (tertiary/aromatic N) is 2. The smallest absolute Gasteiger partial charge is 0.261 e. The maximum Gasteiger partial charge on any atom is 0.261 e. The van der Waals surface area contributed by atoms with E-state index in [9.17, 15) is 17.6 Å². The molecule has 0 saturated carbocycles. The Morgan fingerprint density at radius 1 is 1.16 bits per heavy atom. The molecule has 0 aliphatic carbocycles. The number of rotatable bonds is 5. The molecule has 1 fully saturated rings. The minimum absolute atomic E-state index is 0.0177. The molecule has 0 bridgehead atoms. The van der Waals surface area contributed by atoms with Crippen LogP contribution < -0.4 is 5.32 Å². The molecule has 1 aliphatic heterocycles. The molecule has 0 atom stereocenters. The zero-order valence-electron chi connectivity index (χ0n) is 16.9. The van der Waals surface area contributed by atoms with Crippen molar-refractivity contribution < 1.29 is 22.1 Å². The molecule has 32 heavy (non-hydrogen) atoms. The minimum atomic E-state index is -3.80. The summed E-state index contributed by atoms with van der Waals surface area (Å²) in [6, 6.07) is 8.27. The van der Waals surface area contributed by atoms with Gasteiger partial charge in [-0.1, -0.05) is 34.4 Å². The summed E-state index contributed by atoms with van der Waals surface area (Å²) >= 11 is 12.3. The highest BCUT2D eigenvalue weighted by atomic mass is 35.5. The second-order valence-corrected chi connectivity index (χ2v) is 9.99. The average molecular weight is 498 g/mol. The summed E-state index contributed by atoms with van der Waals surface area (Å²) in [5.41, 5.74) is 0.0609. The van der Waals surface area contributed by atoms with Crippen LogP contribution in [0, 0.1) is 12.7 Å². The van der Waals surface area contributed by atoms with Crippen molar-refractivity contribution in [2.45, 2.75) is 24.7 Å². The largest absolute Gasteiger partial charge is 0.360 e. The Bertz CT molecular complexity index is 1280. The molecule has 1 aliphatic rings. The molecule has 1 aromatic heterocycles. The molecule has 7 nitrogen and oxygen atoms in total. The van der Waals surface area contributed by atoms with Crippen molar-refractivity contribution in [1.29, 1.82) is 0 Å². The number of aromatic nitrogens is 1. The van der Waals surface area contributed by atoms with E-state index in [2.05, 4.69) is 10.5 Å². The first-order valence-electron chi connectivity index (χ1n) is 9.72. The number of carbonyl (C=O) groups excluding carboxylic acids is 1. The van der Waals surface area contributed by atoms with Crippen molar-refractivity contribution in [3.8, 4) is 11.3 Å². The zero-order valence-corrected chi connectivity index (χ0v) is 19.2. The van der Waals surface area contributed by atoms with Crippen molar-refractivity contribution in [3.05, 3.63) is 63.6 Å². The van der Waals surface area contributed by atoms with Crippen molar-refractivity contribution >= 4 is 44.8 Å². The van der Waals surface area contributed by atoms with Crippen LogP contribution >= 0.6 is 23.2 Å². The summed E-state index contributed by atoms with van der Waals surface area (Å²) in [6.45, 7) is 2.34. The van der Waals surface area contributed by atoms with Gasteiger partial charge in [0.25, 0.3) is 5.91 Å². The lowest BCUT2D eigenvalue weighted by molar-refractivity contribution is 0.102. The van der Waals surface area contributed by atoms with Gasteiger partial charge in [-0.2, -0.15) is 4.31 Å². The van der Waals surface area contributed by atoms with E-state index in [1.54, 1.807) is 0 Å². The number of anilines is 1. The molecule has 1 N–H and O–H groups in total. The number of sulfonamides is 1. The first kappa shape index (κ1) is 22.7. The third kappa shape index (κ3) is 4.13. The fourth-order valence-corrected chi connectivity index (χ4v) is 5.84.